The Bertz CT molecular complexity index is 306. The second kappa shape index (κ2) is 2.49. The molecule has 0 N–H and O–H groups in total. The maximum Gasteiger partial charge on any atom is 0.231 e. The minimum Gasteiger partial charge on any atom is -0.344 e. The molecule has 2 heterocycles. The second-order valence-corrected chi connectivity index (χ2v) is 5.28. The highest BCUT2D eigenvalue weighted by atomic mass is 31.0. The summed E-state index contributed by atoms with van der Waals surface area (Å²) in [7, 11) is 2.49. The third-order valence-electron chi connectivity index (χ3n) is 3.36. The number of ether oxygens (including phenoxy) is 2. The Balaban J connectivity index is 1.92. The standard InChI is InChI=1S/C9H14NO3P/c1-9(2)12-6-4-3-5(7(6)13-9)10(14)8(4)11/h4-7H,3,14H2,1-2H3. The third-order valence-corrected chi connectivity index (χ3v) is 4.00. The molecule has 78 valence electrons. The average molecular weight is 215 g/mol. The van der Waals surface area contributed by atoms with Crippen molar-refractivity contribution in [3.63, 3.8) is 0 Å². The fraction of sp³-hybridized carbons (Fsp3) is 0.889. The molecule has 5 atom stereocenters. The van der Waals surface area contributed by atoms with Gasteiger partial charge in [0.1, 0.15) is 12.2 Å². The number of hydrogen-bond acceptors (Lipinski definition) is 3. The predicted octanol–water partition coefficient (Wildman–Crippen LogP) is 0.527. The quantitative estimate of drug-likeness (QED) is 0.553. The van der Waals surface area contributed by atoms with Gasteiger partial charge in [-0.2, -0.15) is 0 Å². The summed E-state index contributed by atoms with van der Waals surface area (Å²) in [6.07, 6.45) is 0.942. The van der Waals surface area contributed by atoms with Gasteiger partial charge in [0, 0.05) is 0 Å². The lowest BCUT2D eigenvalue weighted by molar-refractivity contribution is -0.155. The largest absolute Gasteiger partial charge is 0.344 e. The van der Waals surface area contributed by atoms with E-state index in [1.807, 2.05) is 13.8 Å². The number of carbonyl (C=O) groups excluding carboxylic acids is 1. The van der Waals surface area contributed by atoms with E-state index in [9.17, 15) is 4.79 Å². The summed E-state index contributed by atoms with van der Waals surface area (Å²) >= 11 is 0. The van der Waals surface area contributed by atoms with Crippen molar-refractivity contribution in [2.24, 2.45) is 5.92 Å². The van der Waals surface area contributed by atoms with Gasteiger partial charge in [-0.1, -0.05) is 0 Å². The van der Waals surface area contributed by atoms with E-state index >= 15 is 0 Å². The van der Waals surface area contributed by atoms with E-state index in [0.29, 0.717) is 0 Å². The summed E-state index contributed by atoms with van der Waals surface area (Å²) in [5.74, 6) is -0.325. The molecule has 2 aliphatic heterocycles. The van der Waals surface area contributed by atoms with E-state index in [4.69, 9.17) is 9.47 Å². The Kier molecular flexibility index (Phi) is 1.61. The number of carbonyl (C=O) groups is 1. The van der Waals surface area contributed by atoms with Crippen molar-refractivity contribution in [3.05, 3.63) is 0 Å². The van der Waals surface area contributed by atoms with Crippen LogP contribution in [0.15, 0.2) is 0 Å². The fourth-order valence-electron chi connectivity index (χ4n) is 2.82. The smallest absolute Gasteiger partial charge is 0.231 e. The summed E-state index contributed by atoms with van der Waals surface area (Å²) in [5, 5.41) is 0. The van der Waals surface area contributed by atoms with Crippen LogP contribution in [0, 0.1) is 5.92 Å². The van der Waals surface area contributed by atoms with Crippen molar-refractivity contribution in [2.75, 3.05) is 0 Å². The number of nitrogens with zero attached hydrogens (tertiary/aromatic N) is 1. The van der Waals surface area contributed by atoms with Crippen molar-refractivity contribution in [1.82, 2.24) is 4.67 Å². The first-order valence-electron chi connectivity index (χ1n) is 4.93. The Morgan fingerprint density at radius 2 is 2.07 bits per heavy atom. The molecule has 2 bridgehead atoms. The molecule has 1 aliphatic carbocycles. The minimum absolute atomic E-state index is 0.0145. The van der Waals surface area contributed by atoms with E-state index in [-0.39, 0.29) is 30.1 Å². The molecule has 3 rings (SSSR count). The first-order chi connectivity index (χ1) is 6.49. The Hall–Kier alpha value is -0.180. The van der Waals surface area contributed by atoms with Gasteiger partial charge in [-0.25, -0.2) is 0 Å². The molecule has 4 nitrogen and oxygen atoms in total. The van der Waals surface area contributed by atoms with Crippen LogP contribution in [0.1, 0.15) is 20.3 Å². The second-order valence-electron chi connectivity index (χ2n) is 4.72. The number of piperidine rings is 1. The number of amides is 1. The van der Waals surface area contributed by atoms with Crippen molar-refractivity contribution in [1.29, 1.82) is 0 Å². The van der Waals surface area contributed by atoms with Gasteiger partial charge < -0.3 is 14.1 Å². The first kappa shape index (κ1) is 9.08. The van der Waals surface area contributed by atoms with Gasteiger partial charge in [-0.05, 0) is 29.7 Å². The lowest BCUT2D eigenvalue weighted by Gasteiger charge is -2.29. The van der Waals surface area contributed by atoms with Gasteiger partial charge in [-0.15, -0.1) is 0 Å². The van der Waals surface area contributed by atoms with Crippen LogP contribution in [0.25, 0.3) is 0 Å². The fourth-order valence-corrected chi connectivity index (χ4v) is 3.31. The van der Waals surface area contributed by atoms with Crippen molar-refractivity contribution < 1.29 is 14.3 Å². The van der Waals surface area contributed by atoms with Gasteiger partial charge in [0.25, 0.3) is 0 Å². The zero-order chi connectivity index (χ0) is 10.1. The van der Waals surface area contributed by atoms with Crippen LogP contribution < -0.4 is 0 Å². The van der Waals surface area contributed by atoms with Crippen LogP contribution >= 0.6 is 9.39 Å². The molecular formula is C9H14NO3P. The Morgan fingerprint density at radius 1 is 1.43 bits per heavy atom. The van der Waals surface area contributed by atoms with E-state index < -0.39 is 5.79 Å². The Morgan fingerprint density at radius 3 is 2.79 bits per heavy atom. The molecule has 0 spiro atoms. The van der Waals surface area contributed by atoms with Crippen LogP contribution in [-0.2, 0) is 14.3 Å². The first-order valence-corrected chi connectivity index (χ1v) is 5.45. The lowest BCUT2D eigenvalue weighted by atomic mass is 10.0. The highest BCUT2D eigenvalue weighted by Gasteiger charge is 2.62. The molecule has 0 aromatic rings. The molecule has 0 aromatic heterocycles. The predicted molar refractivity (Wildman–Crippen MR) is 52.3 cm³/mol. The lowest BCUT2D eigenvalue weighted by Crippen LogP contribution is -2.45. The molecule has 2 saturated heterocycles. The summed E-state index contributed by atoms with van der Waals surface area (Å²) in [5.41, 5.74) is 0. The average Bonchev–Trinajstić information content (AvgIpc) is 2.62. The number of fused-ring (bicyclic) bond motifs is 5. The van der Waals surface area contributed by atoms with E-state index in [1.54, 1.807) is 4.67 Å². The van der Waals surface area contributed by atoms with Gasteiger partial charge >= 0.3 is 0 Å². The molecule has 0 aromatic carbocycles. The van der Waals surface area contributed by atoms with E-state index in [0.717, 1.165) is 6.42 Å². The molecule has 0 radical (unpaired) electrons. The van der Waals surface area contributed by atoms with Crippen LogP contribution in [0.4, 0.5) is 0 Å². The Labute approximate surface area is 85.2 Å². The molecule has 3 aliphatic rings. The summed E-state index contributed by atoms with van der Waals surface area (Å²) in [6, 6.07) is 0.198. The maximum absolute atomic E-state index is 11.7. The summed E-state index contributed by atoms with van der Waals surface area (Å²) in [4.78, 5) is 11.7. The minimum atomic E-state index is -0.525. The molecule has 5 heteroatoms. The summed E-state index contributed by atoms with van der Waals surface area (Å²) < 4.78 is 13.3. The summed E-state index contributed by atoms with van der Waals surface area (Å²) in [6.45, 7) is 3.81. The number of hydrogen-bond donors (Lipinski definition) is 0. The topological polar surface area (TPSA) is 38.8 Å². The van der Waals surface area contributed by atoms with Crippen LogP contribution in [0.3, 0.4) is 0 Å². The molecule has 5 unspecified atom stereocenters. The van der Waals surface area contributed by atoms with E-state index in [1.165, 1.54) is 0 Å². The van der Waals surface area contributed by atoms with Crippen molar-refractivity contribution in [3.8, 4) is 0 Å². The highest BCUT2D eigenvalue weighted by molar-refractivity contribution is 7.14. The zero-order valence-electron chi connectivity index (χ0n) is 8.27. The zero-order valence-corrected chi connectivity index (χ0v) is 9.42. The highest BCUT2D eigenvalue weighted by Crippen LogP contribution is 2.49. The SMILES string of the molecule is CC1(C)OC2C3CC(C2O1)N(P)C3=O. The molecule has 3 fully saturated rings. The number of rotatable bonds is 0. The van der Waals surface area contributed by atoms with Crippen molar-refractivity contribution >= 4 is 15.3 Å². The van der Waals surface area contributed by atoms with Gasteiger partial charge in [0.15, 0.2) is 5.79 Å². The molecule has 14 heavy (non-hydrogen) atoms. The monoisotopic (exact) mass is 215 g/mol. The molecule has 1 saturated carbocycles. The van der Waals surface area contributed by atoms with Crippen LogP contribution in [0.5, 0.6) is 0 Å². The van der Waals surface area contributed by atoms with Crippen LogP contribution in [-0.4, -0.2) is 34.6 Å². The van der Waals surface area contributed by atoms with Gasteiger partial charge in [0.2, 0.25) is 5.91 Å². The normalized spacial score (nSPS) is 48.8. The maximum atomic E-state index is 11.7. The van der Waals surface area contributed by atoms with Gasteiger partial charge in [-0.3, -0.25) is 4.79 Å². The van der Waals surface area contributed by atoms with Crippen LogP contribution in [0.2, 0.25) is 0 Å². The van der Waals surface area contributed by atoms with E-state index in [2.05, 4.69) is 9.39 Å². The molecule has 1 amide bonds. The van der Waals surface area contributed by atoms with Gasteiger partial charge in [0.05, 0.1) is 12.0 Å². The third kappa shape index (κ3) is 0.967. The van der Waals surface area contributed by atoms with Crippen molar-refractivity contribution in [2.45, 2.75) is 44.3 Å². The molecular weight excluding hydrogens is 201 g/mol.